The van der Waals surface area contributed by atoms with Crippen LogP contribution < -0.4 is 19.5 Å². The molecule has 1 saturated heterocycles. The molecule has 1 fully saturated rings. The molecule has 0 aliphatic carbocycles. The Morgan fingerprint density at radius 2 is 1.78 bits per heavy atom. The van der Waals surface area contributed by atoms with Gasteiger partial charge in [-0.3, -0.25) is 4.79 Å². The van der Waals surface area contributed by atoms with Gasteiger partial charge in [0, 0.05) is 25.7 Å². The highest BCUT2D eigenvalue weighted by molar-refractivity contribution is 7.89. The third kappa shape index (κ3) is 4.99. The monoisotopic (exact) mass is 462 g/mol. The standard InChI is InChI=1S/C23H30N2O6S/c1-23(22(26)24-15-17-7-5-8-18(13-17)29-2)11-6-12-25(16-23)32(27,28)21-14-19(30-3)9-10-20(21)31-4/h5,7-10,13-14H,6,11-12,15-16H2,1-4H3,(H,24,26)/t23-/m0/s1. The van der Waals surface area contributed by atoms with Crippen LogP contribution in [0.5, 0.6) is 17.2 Å². The van der Waals surface area contributed by atoms with Crippen molar-refractivity contribution in [3.63, 3.8) is 0 Å². The number of nitrogens with zero attached hydrogens (tertiary/aromatic N) is 1. The minimum Gasteiger partial charge on any atom is -0.497 e. The lowest BCUT2D eigenvalue weighted by molar-refractivity contribution is -0.132. The molecule has 0 unspecified atom stereocenters. The molecule has 0 aromatic heterocycles. The summed E-state index contributed by atoms with van der Waals surface area (Å²) in [5.74, 6) is 1.18. The van der Waals surface area contributed by atoms with E-state index >= 15 is 0 Å². The van der Waals surface area contributed by atoms with Crippen LogP contribution in [0.15, 0.2) is 47.4 Å². The van der Waals surface area contributed by atoms with E-state index in [1.54, 1.807) is 26.2 Å². The Morgan fingerprint density at radius 3 is 2.47 bits per heavy atom. The molecule has 1 N–H and O–H groups in total. The van der Waals surface area contributed by atoms with Crippen LogP contribution in [0.4, 0.5) is 0 Å². The Hall–Kier alpha value is -2.78. The van der Waals surface area contributed by atoms with Crippen LogP contribution in [-0.2, 0) is 21.4 Å². The van der Waals surface area contributed by atoms with Crippen LogP contribution in [0, 0.1) is 5.41 Å². The Kier molecular flexibility index (Phi) is 7.30. The molecule has 0 bridgehead atoms. The number of hydrogen-bond donors (Lipinski definition) is 1. The second kappa shape index (κ2) is 9.79. The number of rotatable bonds is 8. The van der Waals surface area contributed by atoms with Gasteiger partial charge in [-0.05, 0) is 49.6 Å². The maximum Gasteiger partial charge on any atom is 0.246 e. The molecule has 2 aromatic rings. The second-order valence-corrected chi connectivity index (χ2v) is 9.96. The molecule has 174 valence electrons. The number of ether oxygens (including phenoxy) is 3. The van der Waals surface area contributed by atoms with Crippen molar-refractivity contribution in [3.8, 4) is 17.2 Å². The van der Waals surface area contributed by atoms with Crippen molar-refractivity contribution in [2.45, 2.75) is 31.2 Å². The van der Waals surface area contributed by atoms with Gasteiger partial charge in [0.1, 0.15) is 22.1 Å². The number of sulfonamides is 1. The number of hydrogen-bond acceptors (Lipinski definition) is 6. The minimum absolute atomic E-state index is 0.0281. The summed E-state index contributed by atoms with van der Waals surface area (Å²) in [5, 5.41) is 2.95. The van der Waals surface area contributed by atoms with Crippen molar-refractivity contribution >= 4 is 15.9 Å². The second-order valence-electron chi connectivity index (χ2n) is 8.05. The summed E-state index contributed by atoms with van der Waals surface area (Å²) in [6.45, 7) is 2.56. The van der Waals surface area contributed by atoms with Crippen molar-refractivity contribution in [2.24, 2.45) is 5.41 Å². The molecule has 9 heteroatoms. The van der Waals surface area contributed by atoms with Gasteiger partial charge in [0.25, 0.3) is 0 Å². The quantitative estimate of drug-likeness (QED) is 0.648. The van der Waals surface area contributed by atoms with E-state index in [4.69, 9.17) is 14.2 Å². The van der Waals surface area contributed by atoms with Gasteiger partial charge in [0.15, 0.2) is 0 Å². The smallest absolute Gasteiger partial charge is 0.246 e. The molecule has 0 spiro atoms. The third-order valence-electron chi connectivity index (χ3n) is 5.79. The number of carbonyl (C=O) groups excluding carboxylic acids is 1. The highest BCUT2D eigenvalue weighted by Gasteiger charge is 2.42. The third-order valence-corrected chi connectivity index (χ3v) is 7.65. The molecule has 1 atom stereocenters. The van der Waals surface area contributed by atoms with Crippen LogP contribution >= 0.6 is 0 Å². The zero-order valence-corrected chi connectivity index (χ0v) is 19.7. The molecule has 32 heavy (non-hydrogen) atoms. The Balaban J connectivity index is 1.78. The summed E-state index contributed by atoms with van der Waals surface area (Å²) >= 11 is 0. The van der Waals surface area contributed by atoms with E-state index < -0.39 is 15.4 Å². The van der Waals surface area contributed by atoms with E-state index in [1.165, 1.54) is 24.6 Å². The average molecular weight is 463 g/mol. The Bertz CT molecular complexity index is 1070. The van der Waals surface area contributed by atoms with Crippen LogP contribution in [0.1, 0.15) is 25.3 Å². The molecule has 1 aliphatic heterocycles. The number of methoxy groups -OCH3 is 3. The molecule has 1 aliphatic rings. The molecule has 8 nitrogen and oxygen atoms in total. The van der Waals surface area contributed by atoms with Crippen LogP contribution in [-0.4, -0.2) is 53.0 Å². The SMILES string of the molecule is COc1cccc(CNC(=O)[C@@]2(C)CCCN(S(=O)(=O)c3cc(OC)ccc3OC)C2)c1. The minimum atomic E-state index is -3.89. The lowest BCUT2D eigenvalue weighted by Crippen LogP contribution is -2.51. The maximum atomic E-state index is 13.4. The van der Waals surface area contributed by atoms with Crippen molar-refractivity contribution in [2.75, 3.05) is 34.4 Å². The van der Waals surface area contributed by atoms with E-state index in [1.807, 2.05) is 24.3 Å². The number of piperidine rings is 1. The van der Waals surface area contributed by atoms with Gasteiger partial charge < -0.3 is 19.5 Å². The van der Waals surface area contributed by atoms with Crippen molar-refractivity contribution < 1.29 is 27.4 Å². The summed E-state index contributed by atoms with van der Waals surface area (Å²) in [4.78, 5) is 13.1. The lowest BCUT2D eigenvalue weighted by Gasteiger charge is -2.38. The van der Waals surface area contributed by atoms with E-state index in [9.17, 15) is 13.2 Å². The van der Waals surface area contributed by atoms with Gasteiger partial charge in [0.2, 0.25) is 15.9 Å². The molecule has 1 heterocycles. The predicted octanol–water partition coefficient (Wildman–Crippen LogP) is 2.82. The van der Waals surface area contributed by atoms with Gasteiger partial charge in [-0.1, -0.05) is 12.1 Å². The summed E-state index contributed by atoms with van der Waals surface area (Å²) < 4.78 is 43.9. The van der Waals surface area contributed by atoms with E-state index in [2.05, 4.69) is 5.32 Å². The predicted molar refractivity (Wildman–Crippen MR) is 120 cm³/mol. The number of nitrogens with one attached hydrogen (secondary N) is 1. The molecular weight excluding hydrogens is 432 g/mol. The van der Waals surface area contributed by atoms with Gasteiger partial charge in [-0.2, -0.15) is 4.31 Å². The highest BCUT2D eigenvalue weighted by Crippen LogP contribution is 2.36. The van der Waals surface area contributed by atoms with Crippen LogP contribution in [0.2, 0.25) is 0 Å². The molecular formula is C23H30N2O6S. The fraction of sp³-hybridized carbons (Fsp3) is 0.435. The molecule has 0 saturated carbocycles. The largest absolute Gasteiger partial charge is 0.497 e. The topological polar surface area (TPSA) is 94.2 Å². The van der Waals surface area contributed by atoms with Gasteiger partial charge >= 0.3 is 0 Å². The lowest BCUT2D eigenvalue weighted by atomic mass is 9.82. The van der Waals surface area contributed by atoms with Crippen molar-refractivity contribution in [1.82, 2.24) is 9.62 Å². The zero-order valence-electron chi connectivity index (χ0n) is 18.9. The van der Waals surface area contributed by atoms with E-state index in [-0.39, 0.29) is 23.1 Å². The Morgan fingerprint density at radius 1 is 1.06 bits per heavy atom. The number of carbonyl (C=O) groups is 1. The highest BCUT2D eigenvalue weighted by atomic mass is 32.2. The first-order valence-electron chi connectivity index (χ1n) is 10.4. The fourth-order valence-corrected chi connectivity index (χ4v) is 5.66. The summed E-state index contributed by atoms with van der Waals surface area (Å²) in [7, 11) is 0.603. The van der Waals surface area contributed by atoms with Gasteiger partial charge in [-0.25, -0.2) is 8.42 Å². The van der Waals surface area contributed by atoms with E-state index in [0.29, 0.717) is 37.4 Å². The normalized spacial score (nSPS) is 19.2. The number of benzene rings is 2. The van der Waals surface area contributed by atoms with Crippen molar-refractivity contribution in [1.29, 1.82) is 0 Å². The van der Waals surface area contributed by atoms with Crippen molar-refractivity contribution in [3.05, 3.63) is 48.0 Å². The first-order chi connectivity index (χ1) is 15.2. The first-order valence-corrected chi connectivity index (χ1v) is 11.8. The maximum absolute atomic E-state index is 13.4. The Labute approximate surface area is 189 Å². The molecule has 1 amide bonds. The summed E-state index contributed by atoms with van der Waals surface area (Å²) in [5.41, 5.74) is 0.0544. The van der Waals surface area contributed by atoms with Crippen LogP contribution in [0.25, 0.3) is 0 Å². The summed E-state index contributed by atoms with van der Waals surface area (Å²) in [6, 6.07) is 12.1. The zero-order chi connectivity index (χ0) is 23.4. The molecule has 0 radical (unpaired) electrons. The van der Waals surface area contributed by atoms with Gasteiger partial charge in [0.05, 0.1) is 26.7 Å². The average Bonchev–Trinajstić information content (AvgIpc) is 2.82. The fourth-order valence-electron chi connectivity index (χ4n) is 3.89. The van der Waals surface area contributed by atoms with E-state index in [0.717, 1.165) is 5.56 Å². The van der Waals surface area contributed by atoms with Gasteiger partial charge in [-0.15, -0.1) is 0 Å². The number of amides is 1. The van der Waals surface area contributed by atoms with Crippen LogP contribution in [0.3, 0.4) is 0 Å². The first kappa shape index (κ1) is 23.9. The summed E-state index contributed by atoms with van der Waals surface area (Å²) in [6.07, 6.45) is 1.17. The molecule has 3 rings (SSSR count). The molecule has 2 aromatic carbocycles.